The molecule has 1 amide bonds. The van der Waals surface area contributed by atoms with Crippen molar-refractivity contribution in [3.05, 3.63) is 57.6 Å². The molecule has 33 heavy (non-hydrogen) atoms. The monoisotopic (exact) mass is 488 g/mol. The van der Waals surface area contributed by atoms with Gasteiger partial charge in [0.15, 0.2) is 11.0 Å². The molecule has 0 saturated heterocycles. The third kappa shape index (κ3) is 5.82. The lowest BCUT2D eigenvalue weighted by atomic mass is 10.2. The quantitative estimate of drug-likeness (QED) is 0.240. The fourth-order valence-corrected chi connectivity index (χ4v) is 4.31. The maximum absolute atomic E-state index is 12.4. The molecule has 0 aliphatic carbocycles. The summed E-state index contributed by atoms with van der Waals surface area (Å²) < 4.78 is 1.95. The fraction of sp³-hybridized carbons (Fsp3) is 0.318. The number of nitro benzene ring substituents is 1. The van der Waals surface area contributed by atoms with Crippen LogP contribution in [0.1, 0.15) is 20.8 Å². The van der Waals surface area contributed by atoms with Crippen LogP contribution in [0.2, 0.25) is 5.02 Å². The molecule has 0 radical (unpaired) electrons. The van der Waals surface area contributed by atoms with Crippen LogP contribution in [0.3, 0.4) is 0 Å². The summed E-state index contributed by atoms with van der Waals surface area (Å²) in [4.78, 5) is 25.1. The predicted octanol–water partition coefficient (Wildman–Crippen LogP) is 5.10. The number of carbonyl (C=O) groups excluding carboxylic acids is 1. The van der Waals surface area contributed by atoms with Crippen LogP contribution in [-0.2, 0) is 11.3 Å². The van der Waals surface area contributed by atoms with Gasteiger partial charge >= 0.3 is 0 Å². The first-order chi connectivity index (χ1) is 15.9. The van der Waals surface area contributed by atoms with Gasteiger partial charge in [-0.15, -0.1) is 10.2 Å². The van der Waals surface area contributed by atoms with Gasteiger partial charge in [-0.3, -0.25) is 14.9 Å². The standard InChI is InChI=1S/C22H25ClN6O3S/c1-4-27(5-2)16-9-7-15(8-10-16)21-25-26-22(28(21)6-3)33-14-20(30)24-19-13-17(29(31)32)11-12-18(19)23/h7-13H,4-6,14H2,1-3H3,(H,24,30). The second-order valence-electron chi connectivity index (χ2n) is 7.03. The molecule has 9 nitrogen and oxygen atoms in total. The molecule has 0 saturated carbocycles. The highest BCUT2D eigenvalue weighted by molar-refractivity contribution is 7.99. The summed E-state index contributed by atoms with van der Waals surface area (Å²) in [5.41, 5.74) is 2.14. The molecule has 0 spiro atoms. The second kappa shape index (κ2) is 11.2. The number of aromatic nitrogens is 3. The van der Waals surface area contributed by atoms with Crippen LogP contribution in [0, 0.1) is 10.1 Å². The minimum atomic E-state index is -0.541. The molecular formula is C22H25ClN6O3S. The lowest BCUT2D eigenvalue weighted by Crippen LogP contribution is -2.21. The molecule has 1 heterocycles. The number of anilines is 2. The van der Waals surface area contributed by atoms with Crippen LogP contribution in [-0.4, -0.2) is 44.4 Å². The number of hydrogen-bond acceptors (Lipinski definition) is 7. The number of nitro groups is 1. The predicted molar refractivity (Wildman–Crippen MR) is 132 cm³/mol. The zero-order chi connectivity index (χ0) is 24.0. The zero-order valence-electron chi connectivity index (χ0n) is 18.6. The van der Waals surface area contributed by atoms with Crippen molar-refractivity contribution in [1.82, 2.24) is 14.8 Å². The molecule has 174 valence electrons. The third-order valence-corrected chi connectivity index (χ3v) is 6.35. The summed E-state index contributed by atoms with van der Waals surface area (Å²) in [6, 6.07) is 12.1. The number of thioether (sulfide) groups is 1. The number of non-ortho nitro benzene ring substituents is 1. The van der Waals surface area contributed by atoms with E-state index >= 15 is 0 Å². The van der Waals surface area contributed by atoms with Crippen LogP contribution in [0.25, 0.3) is 11.4 Å². The summed E-state index contributed by atoms with van der Waals surface area (Å²) in [6.45, 7) is 8.75. The van der Waals surface area contributed by atoms with Gasteiger partial charge in [0.1, 0.15) is 0 Å². The summed E-state index contributed by atoms with van der Waals surface area (Å²) in [5, 5.41) is 23.0. The number of nitrogens with one attached hydrogen (secondary N) is 1. The van der Waals surface area contributed by atoms with Gasteiger partial charge in [0.2, 0.25) is 5.91 Å². The van der Waals surface area contributed by atoms with E-state index in [0.717, 1.165) is 30.2 Å². The van der Waals surface area contributed by atoms with E-state index in [1.54, 1.807) is 0 Å². The Morgan fingerprint density at radius 1 is 1.15 bits per heavy atom. The van der Waals surface area contributed by atoms with Gasteiger partial charge in [-0.2, -0.15) is 0 Å². The van der Waals surface area contributed by atoms with Crippen molar-refractivity contribution in [3.63, 3.8) is 0 Å². The Morgan fingerprint density at radius 2 is 1.85 bits per heavy atom. The summed E-state index contributed by atoms with van der Waals surface area (Å²) in [7, 11) is 0. The van der Waals surface area contributed by atoms with E-state index < -0.39 is 4.92 Å². The Balaban J connectivity index is 1.70. The van der Waals surface area contributed by atoms with Crippen LogP contribution < -0.4 is 10.2 Å². The lowest BCUT2D eigenvalue weighted by molar-refractivity contribution is -0.384. The molecular weight excluding hydrogens is 464 g/mol. The molecule has 0 atom stereocenters. The molecule has 0 aliphatic heterocycles. The molecule has 1 aromatic heterocycles. The van der Waals surface area contributed by atoms with E-state index in [2.05, 4.69) is 46.4 Å². The SMILES string of the molecule is CCN(CC)c1ccc(-c2nnc(SCC(=O)Nc3cc([N+](=O)[O-])ccc3Cl)n2CC)cc1. The zero-order valence-corrected chi connectivity index (χ0v) is 20.2. The average molecular weight is 489 g/mol. The van der Waals surface area contributed by atoms with Gasteiger partial charge in [0, 0.05) is 43.0 Å². The van der Waals surface area contributed by atoms with Crippen molar-refractivity contribution in [1.29, 1.82) is 0 Å². The van der Waals surface area contributed by atoms with Crippen LogP contribution in [0.4, 0.5) is 17.1 Å². The van der Waals surface area contributed by atoms with Gasteiger partial charge in [-0.05, 0) is 51.1 Å². The largest absolute Gasteiger partial charge is 0.372 e. The Labute approximate surface area is 201 Å². The highest BCUT2D eigenvalue weighted by Gasteiger charge is 2.17. The van der Waals surface area contributed by atoms with E-state index in [-0.39, 0.29) is 28.1 Å². The molecule has 0 bridgehead atoms. The molecule has 3 rings (SSSR count). The normalized spacial score (nSPS) is 10.8. The van der Waals surface area contributed by atoms with E-state index in [0.29, 0.717) is 11.7 Å². The van der Waals surface area contributed by atoms with E-state index in [4.69, 9.17) is 11.6 Å². The van der Waals surface area contributed by atoms with Crippen molar-refractivity contribution in [2.45, 2.75) is 32.5 Å². The van der Waals surface area contributed by atoms with Crippen molar-refractivity contribution in [3.8, 4) is 11.4 Å². The maximum Gasteiger partial charge on any atom is 0.271 e. The van der Waals surface area contributed by atoms with Crippen molar-refractivity contribution in [2.75, 3.05) is 29.1 Å². The van der Waals surface area contributed by atoms with Crippen molar-refractivity contribution >= 4 is 46.3 Å². The highest BCUT2D eigenvalue weighted by Crippen LogP contribution is 2.28. The molecule has 11 heteroatoms. The Bertz CT molecular complexity index is 1130. The summed E-state index contributed by atoms with van der Waals surface area (Å²) >= 11 is 7.29. The molecule has 3 aromatic rings. The van der Waals surface area contributed by atoms with E-state index in [9.17, 15) is 14.9 Å². The highest BCUT2D eigenvalue weighted by atomic mass is 35.5. The van der Waals surface area contributed by atoms with Gasteiger partial charge in [0.05, 0.1) is 21.4 Å². The van der Waals surface area contributed by atoms with Crippen LogP contribution in [0.5, 0.6) is 0 Å². The molecule has 0 fully saturated rings. The molecule has 0 unspecified atom stereocenters. The number of benzene rings is 2. The number of halogens is 1. The third-order valence-electron chi connectivity index (χ3n) is 5.05. The number of nitrogens with zero attached hydrogens (tertiary/aromatic N) is 5. The minimum absolute atomic E-state index is 0.0536. The van der Waals surface area contributed by atoms with E-state index in [1.165, 1.54) is 30.0 Å². The first-order valence-electron chi connectivity index (χ1n) is 10.5. The average Bonchev–Trinajstić information content (AvgIpc) is 3.23. The molecule has 2 aromatic carbocycles. The summed E-state index contributed by atoms with van der Waals surface area (Å²) in [5.74, 6) is 0.435. The first-order valence-corrected chi connectivity index (χ1v) is 11.9. The Kier molecular flexibility index (Phi) is 8.29. The topological polar surface area (TPSA) is 106 Å². The second-order valence-corrected chi connectivity index (χ2v) is 8.38. The minimum Gasteiger partial charge on any atom is -0.372 e. The number of carbonyl (C=O) groups is 1. The van der Waals surface area contributed by atoms with E-state index in [1.807, 2.05) is 23.6 Å². The fourth-order valence-electron chi connectivity index (χ4n) is 3.34. The van der Waals surface area contributed by atoms with Crippen LogP contribution in [0.15, 0.2) is 47.6 Å². The van der Waals surface area contributed by atoms with Crippen molar-refractivity contribution in [2.24, 2.45) is 0 Å². The first kappa shape index (κ1) is 24.5. The van der Waals surface area contributed by atoms with Gasteiger partial charge in [-0.25, -0.2) is 0 Å². The summed E-state index contributed by atoms with van der Waals surface area (Å²) in [6.07, 6.45) is 0. The Hall–Kier alpha value is -3.11. The molecule has 0 aliphatic rings. The molecule has 1 N–H and O–H groups in total. The van der Waals surface area contributed by atoms with Crippen molar-refractivity contribution < 1.29 is 9.72 Å². The smallest absolute Gasteiger partial charge is 0.271 e. The maximum atomic E-state index is 12.4. The number of amides is 1. The van der Waals surface area contributed by atoms with Gasteiger partial charge in [0.25, 0.3) is 5.69 Å². The Morgan fingerprint density at radius 3 is 2.45 bits per heavy atom. The van der Waals surface area contributed by atoms with Gasteiger partial charge in [-0.1, -0.05) is 23.4 Å². The number of hydrogen-bond donors (Lipinski definition) is 1. The lowest BCUT2D eigenvalue weighted by Gasteiger charge is -2.21. The number of rotatable bonds is 10. The van der Waals surface area contributed by atoms with Gasteiger partial charge < -0.3 is 14.8 Å². The van der Waals surface area contributed by atoms with Crippen LogP contribution >= 0.6 is 23.4 Å².